The van der Waals surface area contributed by atoms with Crippen LogP contribution in [-0.4, -0.2) is 31.5 Å². The molecule has 0 unspecified atom stereocenters. The molecular weight excluding hydrogens is 326 g/mol. The molecule has 0 spiro atoms. The first kappa shape index (κ1) is 17.9. The smallest absolute Gasteiger partial charge is 0.221 e. The molecule has 0 fully saturated rings. The summed E-state index contributed by atoms with van der Waals surface area (Å²) in [6.45, 7) is 4.81. The van der Waals surface area contributed by atoms with Gasteiger partial charge in [-0.25, -0.2) is 4.99 Å². The lowest BCUT2D eigenvalue weighted by molar-refractivity contribution is -0.118. The van der Waals surface area contributed by atoms with Crippen molar-refractivity contribution in [3.05, 3.63) is 46.1 Å². The largest absolute Gasteiger partial charge is 0.376 e. The van der Waals surface area contributed by atoms with Gasteiger partial charge in [-0.15, -0.1) is 0 Å². The van der Waals surface area contributed by atoms with Crippen molar-refractivity contribution in [2.24, 2.45) is 4.99 Å². The molecule has 1 N–H and O–H groups in total. The fraction of sp³-hybridized carbons (Fsp3) is 0.278. The molecule has 0 aliphatic heterocycles. The maximum atomic E-state index is 12.1. The van der Waals surface area contributed by atoms with Gasteiger partial charge in [-0.05, 0) is 43.7 Å². The Bertz CT molecular complexity index is 804. The number of hydrogen-bond donors (Lipinski definition) is 1. The number of Topliss-reactive ketones (excluding diaryl/α,β-unsaturated/α-hetero) is 1. The number of carbonyl (C=O) groups is 2. The Morgan fingerprint density at radius 3 is 2.46 bits per heavy atom. The average Bonchev–Trinajstić information content (AvgIpc) is 2.48. The number of nitrogens with zero attached hydrogens (tertiary/aromatic N) is 2. The third-order valence-corrected chi connectivity index (χ3v) is 3.95. The topological polar surface area (TPSA) is 61.8 Å². The minimum atomic E-state index is -0.251. The van der Waals surface area contributed by atoms with Crippen LogP contribution in [0.2, 0.25) is 5.02 Å². The predicted octanol–water partition coefficient (Wildman–Crippen LogP) is 3.42. The summed E-state index contributed by atoms with van der Waals surface area (Å²) in [4.78, 5) is 30.1. The number of anilines is 1. The van der Waals surface area contributed by atoms with Crippen LogP contribution in [0.25, 0.3) is 0 Å². The Balaban J connectivity index is 2.51. The number of hydrogen-bond acceptors (Lipinski definition) is 4. The highest BCUT2D eigenvalue weighted by Gasteiger charge is 2.22. The number of aliphatic imine (C=N–C) groups is 1. The van der Waals surface area contributed by atoms with E-state index in [2.05, 4.69) is 10.3 Å². The molecule has 1 amide bonds. The number of amides is 1. The summed E-state index contributed by atoms with van der Waals surface area (Å²) in [6.07, 6.45) is 1.67. The average molecular weight is 346 g/mol. The molecule has 0 aromatic heterocycles. The summed E-state index contributed by atoms with van der Waals surface area (Å²) >= 11 is 6.28. The monoisotopic (exact) mass is 345 g/mol. The van der Waals surface area contributed by atoms with Gasteiger partial charge < -0.3 is 10.2 Å². The number of nitrogens with one attached hydrogen (secondary N) is 1. The molecule has 1 aliphatic carbocycles. The molecule has 0 bridgehead atoms. The van der Waals surface area contributed by atoms with Crippen LogP contribution in [0.3, 0.4) is 0 Å². The molecule has 1 aromatic carbocycles. The molecule has 0 atom stereocenters. The standard InChI is InChI=1S/C18H20ClN3O2/c1-10-8-15(17(20-12(3)23)11(2)18(10)24)21-13-6-7-16(22(4)5)14(19)9-13/h6-9H,1-5H3,(H,20,23). The molecule has 0 saturated heterocycles. The summed E-state index contributed by atoms with van der Waals surface area (Å²) in [6, 6.07) is 5.47. The van der Waals surface area contributed by atoms with Crippen LogP contribution >= 0.6 is 11.6 Å². The van der Waals surface area contributed by atoms with Crippen LogP contribution in [0.4, 0.5) is 11.4 Å². The van der Waals surface area contributed by atoms with E-state index >= 15 is 0 Å². The molecule has 0 radical (unpaired) electrons. The van der Waals surface area contributed by atoms with Gasteiger partial charge in [0.05, 0.1) is 27.8 Å². The second kappa shape index (κ2) is 7.01. The Kier molecular flexibility index (Phi) is 5.24. The summed E-state index contributed by atoms with van der Waals surface area (Å²) in [5, 5.41) is 3.28. The predicted molar refractivity (Wildman–Crippen MR) is 98.2 cm³/mol. The van der Waals surface area contributed by atoms with E-state index in [0.717, 1.165) is 5.69 Å². The van der Waals surface area contributed by atoms with Crippen molar-refractivity contribution in [1.82, 2.24) is 5.32 Å². The molecule has 24 heavy (non-hydrogen) atoms. The van der Waals surface area contributed by atoms with E-state index in [4.69, 9.17) is 11.6 Å². The number of rotatable bonds is 3. The maximum absolute atomic E-state index is 12.1. The highest BCUT2D eigenvalue weighted by Crippen LogP contribution is 2.30. The maximum Gasteiger partial charge on any atom is 0.221 e. The molecule has 1 aliphatic rings. The zero-order valence-corrected chi connectivity index (χ0v) is 15.2. The third kappa shape index (κ3) is 3.74. The molecule has 126 valence electrons. The van der Waals surface area contributed by atoms with Crippen LogP contribution < -0.4 is 10.2 Å². The fourth-order valence-corrected chi connectivity index (χ4v) is 2.78. The van der Waals surface area contributed by atoms with Crippen molar-refractivity contribution in [3.63, 3.8) is 0 Å². The lowest BCUT2D eigenvalue weighted by atomic mass is 9.94. The van der Waals surface area contributed by atoms with Gasteiger partial charge in [0.25, 0.3) is 0 Å². The van der Waals surface area contributed by atoms with Crippen molar-refractivity contribution in [2.75, 3.05) is 19.0 Å². The number of carbonyl (C=O) groups excluding carboxylic acids is 2. The summed E-state index contributed by atoms with van der Waals surface area (Å²) in [7, 11) is 3.82. The minimum absolute atomic E-state index is 0.0984. The van der Waals surface area contributed by atoms with E-state index in [0.29, 0.717) is 33.3 Å². The van der Waals surface area contributed by atoms with Gasteiger partial charge in [0.2, 0.25) is 5.91 Å². The Labute approximate surface area is 146 Å². The molecule has 1 aromatic rings. The van der Waals surface area contributed by atoms with Crippen LogP contribution in [0.5, 0.6) is 0 Å². The second-order valence-corrected chi connectivity index (χ2v) is 6.27. The van der Waals surface area contributed by atoms with Crippen molar-refractivity contribution in [3.8, 4) is 0 Å². The highest BCUT2D eigenvalue weighted by atomic mass is 35.5. The van der Waals surface area contributed by atoms with Crippen molar-refractivity contribution < 1.29 is 9.59 Å². The van der Waals surface area contributed by atoms with Gasteiger partial charge in [-0.3, -0.25) is 9.59 Å². The Morgan fingerprint density at radius 1 is 1.25 bits per heavy atom. The minimum Gasteiger partial charge on any atom is -0.376 e. The number of ketones is 1. The van der Waals surface area contributed by atoms with Crippen molar-refractivity contribution >= 4 is 40.4 Å². The Morgan fingerprint density at radius 2 is 1.92 bits per heavy atom. The molecule has 5 nitrogen and oxygen atoms in total. The Hall–Kier alpha value is -2.40. The van der Waals surface area contributed by atoms with Gasteiger partial charge in [0.1, 0.15) is 0 Å². The van der Waals surface area contributed by atoms with Gasteiger partial charge in [0.15, 0.2) is 5.78 Å². The van der Waals surface area contributed by atoms with E-state index in [1.54, 1.807) is 26.0 Å². The van der Waals surface area contributed by atoms with Gasteiger partial charge in [-0.2, -0.15) is 0 Å². The first-order valence-corrected chi connectivity index (χ1v) is 7.86. The summed E-state index contributed by atoms with van der Waals surface area (Å²) in [5.74, 6) is -0.350. The number of benzene rings is 1. The van der Waals surface area contributed by atoms with E-state index in [9.17, 15) is 9.59 Å². The van der Waals surface area contributed by atoms with Crippen LogP contribution in [0.15, 0.2) is 46.1 Å². The van der Waals surface area contributed by atoms with E-state index in [1.165, 1.54) is 6.92 Å². The highest BCUT2D eigenvalue weighted by molar-refractivity contribution is 6.33. The van der Waals surface area contributed by atoms with Gasteiger partial charge in [0, 0.05) is 26.6 Å². The first-order chi connectivity index (χ1) is 11.2. The molecule has 2 rings (SSSR count). The normalized spacial score (nSPS) is 16.3. The quantitative estimate of drug-likeness (QED) is 0.854. The SMILES string of the molecule is CC(=O)NC1=C(C)C(=O)C(C)=CC1=Nc1ccc(N(C)C)c(Cl)c1. The number of allylic oxidation sites excluding steroid dienone is 3. The zero-order valence-electron chi connectivity index (χ0n) is 14.4. The summed E-state index contributed by atoms with van der Waals surface area (Å²) in [5.41, 5.74) is 3.56. The van der Waals surface area contributed by atoms with E-state index in [1.807, 2.05) is 31.1 Å². The van der Waals surface area contributed by atoms with Crippen molar-refractivity contribution in [2.45, 2.75) is 20.8 Å². The van der Waals surface area contributed by atoms with Crippen LogP contribution in [0.1, 0.15) is 20.8 Å². The second-order valence-electron chi connectivity index (χ2n) is 5.86. The van der Waals surface area contributed by atoms with Crippen molar-refractivity contribution in [1.29, 1.82) is 0 Å². The van der Waals surface area contributed by atoms with Crippen LogP contribution in [0, 0.1) is 0 Å². The number of halogens is 1. The molecule has 6 heteroatoms. The molecular formula is C18H20ClN3O2. The van der Waals surface area contributed by atoms with E-state index < -0.39 is 0 Å². The van der Waals surface area contributed by atoms with Gasteiger partial charge >= 0.3 is 0 Å². The fourth-order valence-electron chi connectivity index (χ4n) is 2.43. The third-order valence-electron chi connectivity index (χ3n) is 3.65. The molecule has 0 saturated carbocycles. The lowest BCUT2D eigenvalue weighted by Gasteiger charge is -2.18. The lowest BCUT2D eigenvalue weighted by Crippen LogP contribution is -2.30. The first-order valence-electron chi connectivity index (χ1n) is 7.48. The zero-order chi connectivity index (χ0) is 18.0. The molecule has 0 heterocycles. The van der Waals surface area contributed by atoms with E-state index in [-0.39, 0.29) is 11.7 Å². The van der Waals surface area contributed by atoms with Gasteiger partial charge in [-0.1, -0.05) is 11.6 Å². The summed E-state index contributed by atoms with van der Waals surface area (Å²) < 4.78 is 0. The van der Waals surface area contributed by atoms with Crippen LogP contribution in [-0.2, 0) is 9.59 Å².